The zero-order valence-corrected chi connectivity index (χ0v) is 19.8. The van der Waals surface area contributed by atoms with Gasteiger partial charge in [-0.3, -0.25) is 9.52 Å². The Bertz CT molecular complexity index is 1320. The monoisotopic (exact) mass is 487 g/mol. The standard InChI is InChI=1S/C23H25N3O5S2/c1-17-3-12-22(13-4-17)33(30,31)26-20-10-8-19(9-11-20)25-23(27)16-7-18-5-14-21(15-6-18)32(28,29)24-2/h3-6,8-15,24,26H,7,16H2,1-2H3,(H,25,27). The van der Waals surface area contributed by atoms with Gasteiger partial charge in [0, 0.05) is 17.8 Å². The minimum Gasteiger partial charge on any atom is -0.326 e. The Morgan fingerprint density at radius 3 is 1.82 bits per heavy atom. The second-order valence-corrected chi connectivity index (χ2v) is 11.0. The Hall–Kier alpha value is -3.21. The average molecular weight is 488 g/mol. The van der Waals surface area contributed by atoms with Crippen molar-refractivity contribution in [2.24, 2.45) is 0 Å². The second kappa shape index (κ2) is 10.2. The number of anilines is 2. The fraction of sp³-hybridized carbons (Fsp3) is 0.174. The van der Waals surface area contributed by atoms with Crippen LogP contribution in [0.4, 0.5) is 11.4 Å². The Kier molecular flexibility index (Phi) is 7.52. The first-order chi connectivity index (χ1) is 15.6. The van der Waals surface area contributed by atoms with Gasteiger partial charge in [0.15, 0.2) is 0 Å². The molecule has 3 N–H and O–H groups in total. The summed E-state index contributed by atoms with van der Waals surface area (Å²) in [7, 11) is -5.84. The van der Waals surface area contributed by atoms with Crippen LogP contribution >= 0.6 is 0 Å². The molecule has 0 aromatic heterocycles. The molecule has 0 saturated carbocycles. The van der Waals surface area contributed by atoms with Gasteiger partial charge >= 0.3 is 0 Å². The third-order valence-corrected chi connectivity index (χ3v) is 7.72. The van der Waals surface area contributed by atoms with Crippen molar-refractivity contribution >= 4 is 37.3 Å². The molecule has 1 amide bonds. The van der Waals surface area contributed by atoms with E-state index < -0.39 is 20.0 Å². The smallest absolute Gasteiger partial charge is 0.261 e. The predicted molar refractivity (Wildman–Crippen MR) is 128 cm³/mol. The van der Waals surface area contributed by atoms with E-state index in [2.05, 4.69) is 14.8 Å². The van der Waals surface area contributed by atoms with Gasteiger partial charge in [-0.15, -0.1) is 0 Å². The van der Waals surface area contributed by atoms with Crippen LogP contribution in [0.15, 0.2) is 82.6 Å². The van der Waals surface area contributed by atoms with Crippen molar-refractivity contribution in [1.29, 1.82) is 0 Å². The summed E-state index contributed by atoms with van der Waals surface area (Å²) in [6.07, 6.45) is 0.653. The third kappa shape index (κ3) is 6.64. The van der Waals surface area contributed by atoms with Crippen molar-refractivity contribution < 1.29 is 21.6 Å². The Morgan fingerprint density at radius 1 is 0.727 bits per heavy atom. The summed E-state index contributed by atoms with van der Waals surface area (Å²) in [5.74, 6) is -0.213. The van der Waals surface area contributed by atoms with Gasteiger partial charge in [0.1, 0.15) is 0 Å². The molecule has 0 radical (unpaired) electrons. The van der Waals surface area contributed by atoms with E-state index in [9.17, 15) is 21.6 Å². The lowest BCUT2D eigenvalue weighted by Gasteiger charge is -2.10. The van der Waals surface area contributed by atoms with Gasteiger partial charge in [-0.1, -0.05) is 29.8 Å². The number of benzene rings is 3. The van der Waals surface area contributed by atoms with E-state index in [1.165, 1.54) is 19.2 Å². The predicted octanol–water partition coefficient (Wildman–Crippen LogP) is 3.28. The molecule has 3 aromatic rings. The highest BCUT2D eigenvalue weighted by atomic mass is 32.2. The number of rotatable bonds is 9. The van der Waals surface area contributed by atoms with Crippen molar-refractivity contribution in [2.75, 3.05) is 17.1 Å². The number of hydrogen-bond donors (Lipinski definition) is 3. The second-order valence-electron chi connectivity index (χ2n) is 7.40. The van der Waals surface area contributed by atoms with Crippen molar-refractivity contribution in [3.8, 4) is 0 Å². The highest BCUT2D eigenvalue weighted by molar-refractivity contribution is 7.92. The first-order valence-electron chi connectivity index (χ1n) is 10.1. The zero-order valence-electron chi connectivity index (χ0n) is 18.2. The maximum absolute atomic E-state index is 12.5. The lowest BCUT2D eigenvalue weighted by atomic mass is 10.1. The highest BCUT2D eigenvalue weighted by Crippen LogP contribution is 2.19. The van der Waals surface area contributed by atoms with E-state index in [0.717, 1.165) is 11.1 Å². The van der Waals surface area contributed by atoms with E-state index >= 15 is 0 Å². The number of hydrogen-bond acceptors (Lipinski definition) is 5. The van der Waals surface area contributed by atoms with Crippen LogP contribution in [-0.2, 0) is 31.3 Å². The van der Waals surface area contributed by atoms with Crippen LogP contribution in [0.25, 0.3) is 0 Å². The fourth-order valence-electron chi connectivity index (χ4n) is 2.99. The number of amides is 1. The van der Waals surface area contributed by atoms with Crippen LogP contribution in [-0.4, -0.2) is 29.8 Å². The van der Waals surface area contributed by atoms with Gasteiger partial charge in [0.25, 0.3) is 10.0 Å². The van der Waals surface area contributed by atoms with Gasteiger partial charge in [0.05, 0.1) is 9.79 Å². The fourth-order valence-corrected chi connectivity index (χ4v) is 4.78. The Labute approximate surface area is 194 Å². The molecule has 8 nitrogen and oxygen atoms in total. The molecule has 0 atom stereocenters. The van der Waals surface area contributed by atoms with Gasteiger partial charge in [-0.2, -0.15) is 0 Å². The van der Waals surface area contributed by atoms with Crippen molar-refractivity contribution in [2.45, 2.75) is 29.6 Å². The van der Waals surface area contributed by atoms with E-state index in [0.29, 0.717) is 17.8 Å². The Balaban J connectivity index is 1.54. The molecule has 0 unspecified atom stereocenters. The van der Waals surface area contributed by atoms with Crippen LogP contribution in [0.1, 0.15) is 17.5 Å². The van der Waals surface area contributed by atoms with Crippen molar-refractivity contribution in [1.82, 2.24) is 4.72 Å². The molecule has 0 fully saturated rings. The van der Waals surface area contributed by atoms with Gasteiger partial charge in [-0.25, -0.2) is 21.6 Å². The topological polar surface area (TPSA) is 121 Å². The summed E-state index contributed by atoms with van der Waals surface area (Å²) in [6.45, 7) is 1.88. The molecular weight excluding hydrogens is 462 g/mol. The molecule has 0 spiro atoms. The van der Waals surface area contributed by atoms with Crippen LogP contribution in [0.5, 0.6) is 0 Å². The summed E-state index contributed by atoms with van der Waals surface area (Å²) < 4.78 is 53.2. The molecule has 3 rings (SSSR count). The molecule has 174 valence electrons. The van der Waals surface area contributed by atoms with Crippen LogP contribution in [0.3, 0.4) is 0 Å². The molecule has 3 aromatic carbocycles. The lowest BCUT2D eigenvalue weighted by molar-refractivity contribution is -0.116. The quantitative estimate of drug-likeness (QED) is 0.428. The lowest BCUT2D eigenvalue weighted by Crippen LogP contribution is -2.18. The number of nitrogens with one attached hydrogen (secondary N) is 3. The Morgan fingerprint density at radius 2 is 1.24 bits per heavy atom. The average Bonchev–Trinajstić information content (AvgIpc) is 2.79. The largest absolute Gasteiger partial charge is 0.326 e. The SMILES string of the molecule is CNS(=O)(=O)c1ccc(CCC(=O)Nc2ccc(NS(=O)(=O)c3ccc(C)cc3)cc2)cc1. The zero-order chi connectivity index (χ0) is 24.1. The third-order valence-electron chi connectivity index (χ3n) is 4.90. The van der Waals surface area contributed by atoms with E-state index in [-0.39, 0.29) is 22.1 Å². The summed E-state index contributed by atoms with van der Waals surface area (Å²) in [4.78, 5) is 12.6. The molecule has 0 bridgehead atoms. The van der Waals surface area contributed by atoms with Crippen LogP contribution in [0.2, 0.25) is 0 Å². The number of aryl methyl sites for hydroxylation is 2. The van der Waals surface area contributed by atoms with Crippen molar-refractivity contribution in [3.05, 3.63) is 83.9 Å². The van der Waals surface area contributed by atoms with Crippen LogP contribution in [0, 0.1) is 6.92 Å². The summed E-state index contributed by atoms with van der Waals surface area (Å²) in [5.41, 5.74) is 2.72. The maximum Gasteiger partial charge on any atom is 0.261 e. The minimum atomic E-state index is -3.70. The normalized spacial score (nSPS) is 11.7. The highest BCUT2D eigenvalue weighted by Gasteiger charge is 2.14. The molecule has 33 heavy (non-hydrogen) atoms. The van der Waals surface area contributed by atoms with E-state index in [1.54, 1.807) is 60.7 Å². The van der Waals surface area contributed by atoms with Crippen LogP contribution < -0.4 is 14.8 Å². The molecule has 0 aliphatic carbocycles. The van der Waals surface area contributed by atoms with E-state index in [4.69, 9.17) is 0 Å². The summed E-state index contributed by atoms with van der Waals surface area (Å²) in [5, 5.41) is 2.76. The summed E-state index contributed by atoms with van der Waals surface area (Å²) in [6, 6.07) is 19.2. The number of carbonyl (C=O) groups excluding carboxylic acids is 1. The number of carbonyl (C=O) groups is 1. The van der Waals surface area contributed by atoms with Gasteiger partial charge in [0.2, 0.25) is 15.9 Å². The van der Waals surface area contributed by atoms with Gasteiger partial charge < -0.3 is 5.32 Å². The van der Waals surface area contributed by atoms with Crippen molar-refractivity contribution in [3.63, 3.8) is 0 Å². The molecular formula is C23H25N3O5S2. The van der Waals surface area contributed by atoms with Gasteiger partial charge in [-0.05, 0) is 74.5 Å². The van der Waals surface area contributed by atoms with E-state index in [1.807, 2.05) is 6.92 Å². The maximum atomic E-state index is 12.5. The number of sulfonamides is 2. The summed E-state index contributed by atoms with van der Waals surface area (Å²) >= 11 is 0. The molecule has 0 heterocycles. The molecule has 0 aliphatic rings. The first-order valence-corrected chi connectivity index (χ1v) is 13.1. The first kappa shape index (κ1) is 24.4. The molecule has 0 aliphatic heterocycles. The molecule has 10 heteroatoms. The minimum absolute atomic E-state index is 0.163. The molecule has 0 saturated heterocycles.